The molecule has 0 bridgehead atoms. The number of benzene rings is 2. The number of ether oxygens (including phenoxy) is 1. The summed E-state index contributed by atoms with van der Waals surface area (Å²) in [6, 6.07) is 11.0. The van der Waals surface area contributed by atoms with Crippen LogP contribution in [0.25, 0.3) is 10.8 Å². The maximum absolute atomic E-state index is 13.5. The quantitative estimate of drug-likeness (QED) is 0.275. The minimum absolute atomic E-state index is 0.0625. The molecule has 0 aliphatic heterocycles. The highest BCUT2D eigenvalue weighted by atomic mass is 79.9. The summed E-state index contributed by atoms with van der Waals surface area (Å²) in [6.07, 6.45) is 0.0625. The average molecular weight is 533 g/mol. The number of fused-ring (bicyclic) bond motifs is 1. The van der Waals surface area contributed by atoms with Gasteiger partial charge in [0, 0.05) is 0 Å². The maximum Gasteiger partial charge on any atom is 0.324 e. The fraction of sp³-hybridized carbons (Fsp3) is 0.462. The van der Waals surface area contributed by atoms with E-state index in [1.807, 2.05) is 42.5 Å². The van der Waals surface area contributed by atoms with Crippen LogP contribution in [-0.4, -0.2) is 46.5 Å². The Morgan fingerprint density at radius 3 is 2.24 bits per heavy atom. The van der Waals surface area contributed by atoms with Crippen molar-refractivity contribution in [2.24, 2.45) is 17.6 Å². The highest BCUT2D eigenvalue weighted by Gasteiger charge is 2.42. The molecule has 0 radical (unpaired) electrons. The van der Waals surface area contributed by atoms with E-state index in [-0.39, 0.29) is 23.6 Å². The molecular weight excluding hydrogens is 500 g/mol. The Balaban J connectivity index is 2.26. The van der Waals surface area contributed by atoms with Gasteiger partial charge in [-0.3, -0.25) is 19.2 Å². The summed E-state index contributed by atoms with van der Waals surface area (Å²) in [5.41, 5.74) is 6.04. The first kappa shape index (κ1) is 27.7. The minimum atomic E-state index is -1.48. The van der Waals surface area contributed by atoms with Crippen LogP contribution in [0.5, 0.6) is 0 Å². The Morgan fingerprint density at radius 2 is 1.65 bits per heavy atom. The van der Waals surface area contributed by atoms with Crippen molar-refractivity contribution < 1.29 is 23.9 Å². The average Bonchev–Trinajstić information content (AvgIpc) is 2.76. The van der Waals surface area contributed by atoms with Gasteiger partial charge >= 0.3 is 5.97 Å². The largest absolute Gasteiger partial charge is 0.459 e. The molecule has 34 heavy (non-hydrogen) atoms. The molecule has 0 heterocycles. The number of carbonyl (C=O) groups excluding carboxylic acids is 4. The first-order valence-corrected chi connectivity index (χ1v) is 12.3. The topological polar surface area (TPSA) is 116 Å². The van der Waals surface area contributed by atoms with Crippen LogP contribution in [-0.2, 0) is 30.3 Å². The van der Waals surface area contributed by atoms with E-state index < -0.39 is 41.1 Å². The summed E-state index contributed by atoms with van der Waals surface area (Å²) in [4.78, 5) is 51.6. The SMILES string of the molecule is CC(C)[C@H](NC(=O)Cc1cccc2ccccc12)C(=O)C(C(=O)CBr)C(N)C(=O)OC(C)(C)C. The molecule has 0 saturated heterocycles. The van der Waals surface area contributed by atoms with Crippen molar-refractivity contribution in [2.75, 3.05) is 5.33 Å². The third-order valence-electron chi connectivity index (χ3n) is 5.34. The van der Waals surface area contributed by atoms with Crippen LogP contribution in [0.15, 0.2) is 42.5 Å². The summed E-state index contributed by atoms with van der Waals surface area (Å²) in [6.45, 7) is 8.53. The van der Waals surface area contributed by atoms with E-state index in [1.54, 1.807) is 34.6 Å². The summed E-state index contributed by atoms with van der Waals surface area (Å²) < 4.78 is 5.30. The molecule has 0 fully saturated rings. The summed E-state index contributed by atoms with van der Waals surface area (Å²) in [5, 5.41) is 4.57. The van der Waals surface area contributed by atoms with Crippen molar-refractivity contribution in [1.29, 1.82) is 0 Å². The van der Waals surface area contributed by atoms with Crippen LogP contribution in [0.4, 0.5) is 0 Å². The second-order valence-electron chi connectivity index (χ2n) is 9.64. The maximum atomic E-state index is 13.5. The van der Waals surface area contributed by atoms with Gasteiger partial charge in [-0.1, -0.05) is 72.2 Å². The number of nitrogens with one attached hydrogen (secondary N) is 1. The Kier molecular flexibility index (Phi) is 9.53. The molecule has 3 N–H and O–H groups in total. The van der Waals surface area contributed by atoms with Gasteiger partial charge < -0.3 is 15.8 Å². The number of rotatable bonds is 10. The van der Waals surface area contributed by atoms with Crippen LogP contribution in [0.2, 0.25) is 0 Å². The third kappa shape index (κ3) is 7.21. The first-order chi connectivity index (χ1) is 15.9. The van der Waals surface area contributed by atoms with E-state index in [0.717, 1.165) is 16.3 Å². The van der Waals surface area contributed by atoms with Gasteiger partial charge in [-0.05, 0) is 43.0 Å². The number of carbonyl (C=O) groups is 4. The van der Waals surface area contributed by atoms with E-state index >= 15 is 0 Å². The highest BCUT2D eigenvalue weighted by molar-refractivity contribution is 9.09. The number of hydrogen-bond donors (Lipinski definition) is 2. The predicted octanol–water partition coefficient (Wildman–Crippen LogP) is 3.34. The lowest BCUT2D eigenvalue weighted by atomic mass is 9.84. The molecular formula is C26H33BrN2O5. The molecule has 3 atom stereocenters. The zero-order chi connectivity index (χ0) is 25.6. The number of alkyl halides is 1. The second-order valence-corrected chi connectivity index (χ2v) is 10.2. The standard InChI is InChI=1S/C26H33BrN2O5/c1-15(2)23(24(32)21(19(30)14-27)22(28)25(33)34-26(3,4)5)29-20(31)13-17-11-8-10-16-9-6-7-12-18(16)17/h6-12,15,21-23H,13-14,28H2,1-5H3,(H,29,31)/t21?,22?,23-/m0/s1. The Hall–Kier alpha value is -2.58. The third-order valence-corrected chi connectivity index (χ3v) is 5.90. The number of halogens is 1. The Morgan fingerprint density at radius 1 is 1.03 bits per heavy atom. The van der Waals surface area contributed by atoms with E-state index in [1.165, 1.54) is 0 Å². The molecule has 0 saturated carbocycles. The molecule has 2 aromatic carbocycles. The van der Waals surface area contributed by atoms with Crippen LogP contribution in [0.3, 0.4) is 0 Å². The predicted molar refractivity (Wildman–Crippen MR) is 136 cm³/mol. The van der Waals surface area contributed by atoms with Crippen molar-refractivity contribution in [2.45, 2.75) is 58.7 Å². The second kappa shape index (κ2) is 11.7. The zero-order valence-corrected chi connectivity index (χ0v) is 21.8. The number of Topliss-reactive ketones (excluding diaryl/α,β-unsaturated/α-hetero) is 2. The van der Waals surface area contributed by atoms with Crippen LogP contribution < -0.4 is 11.1 Å². The fourth-order valence-electron chi connectivity index (χ4n) is 3.73. The summed E-state index contributed by atoms with van der Waals surface area (Å²) >= 11 is 3.07. The van der Waals surface area contributed by atoms with Gasteiger partial charge in [0.15, 0.2) is 11.6 Å². The van der Waals surface area contributed by atoms with Gasteiger partial charge in [0.2, 0.25) is 5.91 Å². The van der Waals surface area contributed by atoms with Gasteiger partial charge in [-0.2, -0.15) is 0 Å². The minimum Gasteiger partial charge on any atom is -0.459 e. The molecule has 0 spiro atoms. The van der Waals surface area contributed by atoms with Gasteiger partial charge in [0.1, 0.15) is 17.6 Å². The highest BCUT2D eigenvalue weighted by Crippen LogP contribution is 2.21. The van der Waals surface area contributed by atoms with E-state index in [0.29, 0.717) is 0 Å². The Bertz CT molecular complexity index is 1060. The molecule has 8 heteroatoms. The van der Waals surface area contributed by atoms with E-state index in [4.69, 9.17) is 10.5 Å². The molecule has 0 aliphatic rings. The first-order valence-electron chi connectivity index (χ1n) is 11.2. The fourth-order valence-corrected chi connectivity index (χ4v) is 4.08. The van der Waals surface area contributed by atoms with Gasteiger partial charge in [0.05, 0.1) is 17.8 Å². The molecule has 2 unspecified atom stereocenters. The van der Waals surface area contributed by atoms with Crippen molar-refractivity contribution in [3.8, 4) is 0 Å². The van der Waals surface area contributed by atoms with Crippen LogP contribution in [0, 0.1) is 11.8 Å². The zero-order valence-electron chi connectivity index (χ0n) is 20.3. The monoisotopic (exact) mass is 532 g/mol. The number of esters is 1. The molecule has 0 aliphatic carbocycles. The van der Waals surface area contributed by atoms with Gasteiger partial charge in [-0.25, -0.2) is 0 Å². The lowest BCUT2D eigenvalue weighted by molar-refractivity contribution is -0.160. The van der Waals surface area contributed by atoms with Gasteiger partial charge in [-0.15, -0.1) is 0 Å². The smallest absolute Gasteiger partial charge is 0.324 e. The van der Waals surface area contributed by atoms with Crippen molar-refractivity contribution in [3.63, 3.8) is 0 Å². The molecule has 184 valence electrons. The lowest BCUT2D eigenvalue weighted by Gasteiger charge is -2.29. The number of hydrogen-bond acceptors (Lipinski definition) is 6. The Labute approximate surface area is 208 Å². The normalized spacial score (nSPS) is 14.4. The number of amides is 1. The molecule has 7 nitrogen and oxygen atoms in total. The van der Waals surface area contributed by atoms with Crippen molar-refractivity contribution in [3.05, 3.63) is 48.0 Å². The van der Waals surface area contributed by atoms with Crippen LogP contribution >= 0.6 is 15.9 Å². The number of nitrogens with two attached hydrogens (primary N) is 1. The summed E-state index contributed by atoms with van der Waals surface area (Å²) in [7, 11) is 0. The molecule has 0 aromatic heterocycles. The van der Waals surface area contributed by atoms with Crippen molar-refractivity contribution >= 4 is 50.1 Å². The number of ketones is 2. The van der Waals surface area contributed by atoms with E-state index in [2.05, 4.69) is 21.2 Å². The molecule has 1 amide bonds. The van der Waals surface area contributed by atoms with Gasteiger partial charge in [0.25, 0.3) is 0 Å². The molecule has 2 aromatic rings. The lowest BCUT2D eigenvalue weighted by Crippen LogP contribution is -2.56. The molecule has 2 rings (SSSR count). The van der Waals surface area contributed by atoms with Crippen molar-refractivity contribution in [1.82, 2.24) is 5.32 Å². The van der Waals surface area contributed by atoms with Crippen LogP contribution in [0.1, 0.15) is 40.2 Å². The van der Waals surface area contributed by atoms with E-state index in [9.17, 15) is 19.2 Å². The summed E-state index contributed by atoms with van der Waals surface area (Å²) in [5.74, 6) is -4.13.